The van der Waals surface area contributed by atoms with Gasteiger partial charge in [-0.1, -0.05) is 35.6 Å². The Morgan fingerprint density at radius 2 is 1.88 bits per heavy atom. The minimum absolute atomic E-state index is 0.0654. The van der Waals surface area contributed by atoms with Crippen molar-refractivity contribution in [2.45, 2.75) is 50.7 Å². The van der Waals surface area contributed by atoms with Crippen LogP contribution < -0.4 is 0 Å². The number of benzene rings is 1. The lowest BCUT2D eigenvalue weighted by Crippen LogP contribution is -2.25. The number of unbranched alkanes of at least 4 members (excludes halogenated alkanes) is 1. The first-order valence-corrected chi connectivity index (χ1v) is 10.0. The summed E-state index contributed by atoms with van der Waals surface area (Å²) in [6, 6.07) is 6.34. The Labute approximate surface area is 157 Å². The Kier molecular flexibility index (Phi) is 9.60. The molecule has 0 fully saturated rings. The summed E-state index contributed by atoms with van der Waals surface area (Å²) in [5.74, 6) is 5.36. The van der Waals surface area contributed by atoms with E-state index in [-0.39, 0.29) is 17.6 Å². The Morgan fingerprint density at radius 1 is 1.23 bits per heavy atom. The van der Waals surface area contributed by atoms with Crippen molar-refractivity contribution in [2.75, 3.05) is 13.2 Å². The van der Waals surface area contributed by atoms with E-state index in [1.165, 1.54) is 12.1 Å². The topological polar surface area (TPSA) is 72.8 Å². The Bertz CT molecular complexity index is 713. The molecule has 144 valence electrons. The maximum Gasteiger partial charge on any atom is 0.297 e. The van der Waals surface area contributed by atoms with Crippen LogP contribution in [0.3, 0.4) is 0 Å². The molecule has 0 aliphatic heterocycles. The molecular weight excluding hydrogens is 352 g/mol. The van der Waals surface area contributed by atoms with E-state index in [0.29, 0.717) is 6.61 Å². The van der Waals surface area contributed by atoms with Crippen LogP contribution in [-0.4, -0.2) is 38.9 Å². The summed E-state index contributed by atoms with van der Waals surface area (Å²) in [7, 11) is -3.90. The van der Waals surface area contributed by atoms with Gasteiger partial charge in [0, 0.05) is 12.5 Å². The minimum atomic E-state index is -3.90. The molecule has 0 saturated heterocycles. The van der Waals surface area contributed by atoms with Gasteiger partial charge in [-0.05, 0) is 45.7 Å². The standard InChI is InChI=1S/C20H28O5S/c1-5-6-7-14-24-18(4)11-10-17(3)20(21)15-25-26(22,23)19-12-8-16(2)9-13-19/h5,8-9,12-13,17-18,20-21H,1,6-7,14-15H2,2-4H3/t17-,18?,20-/m0/s1. The lowest BCUT2D eigenvalue weighted by atomic mass is 10.1. The molecule has 1 N–H and O–H groups in total. The molecular formula is C20H28O5S. The van der Waals surface area contributed by atoms with Crippen LogP contribution in [0.25, 0.3) is 0 Å². The number of aryl methyl sites for hydroxylation is 1. The van der Waals surface area contributed by atoms with Crippen molar-refractivity contribution in [1.29, 1.82) is 0 Å². The van der Waals surface area contributed by atoms with Crippen molar-refractivity contribution in [1.82, 2.24) is 0 Å². The number of rotatable bonds is 10. The molecule has 0 aromatic heterocycles. The third-order valence-electron chi connectivity index (χ3n) is 3.72. The SMILES string of the molecule is C=CCCCOC(C)C#C[C@H](C)[C@@H](O)COS(=O)(=O)c1ccc(C)cc1. The first-order chi connectivity index (χ1) is 12.3. The zero-order chi connectivity index (χ0) is 19.6. The Balaban J connectivity index is 2.49. The molecule has 1 aromatic rings. The number of ether oxygens (including phenoxy) is 1. The molecule has 1 unspecified atom stereocenters. The molecule has 3 atom stereocenters. The monoisotopic (exact) mass is 380 g/mol. The summed E-state index contributed by atoms with van der Waals surface area (Å²) >= 11 is 0. The zero-order valence-electron chi connectivity index (χ0n) is 15.6. The second kappa shape index (κ2) is 11.1. The van der Waals surface area contributed by atoms with Gasteiger partial charge in [0.1, 0.15) is 6.10 Å². The average Bonchev–Trinajstić information content (AvgIpc) is 2.61. The van der Waals surface area contributed by atoms with Gasteiger partial charge in [-0.25, -0.2) is 0 Å². The Hall–Kier alpha value is -1.65. The predicted octanol–water partition coefficient (Wildman–Crippen LogP) is 3.07. The molecule has 26 heavy (non-hydrogen) atoms. The zero-order valence-corrected chi connectivity index (χ0v) is 16.5. The summed E-state index contributed by atoms with van der Waals surface area (Å²) < 4.78 is 34.7. The van der Waals surface area contributed by atoms with Gasteiger partial charge in [0.25, 0.3) is 10.1 Å². The third kappa shape index (κ3) is 8.15. The number of hydrogen-bond donors (Lipinski definition) is 1. The van der Waals surface area contributed by atoms with Gasteiger partial charge in [0.05, 0.1) is 17.6 Å². The van der Waals surface area contributed by atoms with E-state index in [1.54, 1.807) is 19.1 Å². The van der Waals surface area contributed by atoms with Gasteiger partial charge >= 0.3 is 0 Å². The van der Waals surface area contributed by atoms with E-state index in [1.807, 2.05) is 19.9 Å². The van der Waals surface area contributed by atoms with Gasteiger partial charge in [-0.3, -0.25) is 4.18 Å². The number of aliphatic hydroxyl groups excluding tert-OH is 1. The van der Waals surface area contributed by atoms with Crippen molar-refractivity contribution < 1.29 is 22.4 Å². The van der Waals surface area contributed by atoms with Crippen LogP contribution >= 0.6 is 0 Å². The first-order valence-electron chi connectivity index (χ1n) is 8.64. The quantitative estimate of drug-likeness (QED) is 0.292. The maximum atomic E-state index is 12.1. The van der Waals surface area contributed by atoms with Gasteiger partial charge < -0.3 is 9.84 Å². The van der Waals surface area contributed by atoms with Crippen LogP contribution in [0.4, 0.5) is 0 Å². The maximum absolute atomic E-state index is 12.1. The fourth-order valence-corrected chi connectivity index (χ4v) is 2.88. The molecule has 0 aliphatic carbocycles. The lowest BCUT2D eigenvalue weighted by molar-refractivity contribution is 0.0838. The highest BCUT2D eigenvalue weighted by Gasteiger charge is 2.20. The second-order valence-corrected chi connectivity index (χ2v) is 7.76. The molecule has 1 aromatic carbocycles. The molecule has 0 aliphatic rings. The van der Waals surface area contributed by atoms with E-state index in [2.05, 4.69) is 18.4 Å². The molecule has 0 saturated carbocycles. The van der Waals surface area contributed by atoms with Crippen LogP contribution in [0.5, 0.6) is 0 Å². The fourth-order valence-electron chi connectivity index (χ4n) is 1.95. The minimum Gasteiger partial charge on any atom is -0.389 e. The van der Waals surface area contributed by atoms with Gasteiger partial charge in [0.15, 0.2) is 0 Å². The van der Waals surface area contributed by atoms with Crippen molar-refractivity contribution in [3.05, 3.63) is 42.5 Å². The van der Waals surface area contributed by atoms with Crippen LogP contribution in [0.15, 0.2) is 41.8 Å². The largest absolute Gasteiger partial charge is 0.389 e. The van der Waals surface area contributed by atoms with E-state index < -0.39 is 22.1 Å². The van der Waals surface area contributed by atoms with Crippen LogP contribution in [0.2, 0.25) is 0 Å². The first kappa shape index (κ1) is 22.4. The highest BCUT2D eigenvalue weighted by atomic mass is 32.2. The van der Waals surface area contributed by atoms with Gasteiger partial charge in [0.2, 0.25) is 0 Å². The molecule has 0 bridgehead atoms. The van der Waals surface area contributed by atoms with Crippen molar-refractivity contribution >= 4 is 10.1 Å². The average molecular weight is 381 g/mol. The molecule has 0 spiro atoms. The van der Waals surface area contributed by atoms with Crippen LogP contribution in [0, 0.1) is 24.7 Å². The molecule has 0 heterocycles. The molecule has 5 nitrogen and oxygen atoms in total. The Morgan fingerprint density at radius 3 is 2.50 bits per heavy atom. The number of aliphatic hydroxyl groups is 1. The van der Waals surface area contributed by atoms with E-state index >= 15 is 0 Å². The highest BCUT2D eigenvalue weighted by Crippen LogP contribution is 2.14. The second-order valence-electron chi connectivity index (χ2n) is 6.14. The van der Waals surface area contributed by atoms with Gasteiger partial charge in [-0.2, -0.15) is 8.42 Å². The summed E-state index contributed by atoms with van der Waals surface area (Å²) in [6.07, 6.45) is 2.34. The highest BCUT2D eigenvalue weighted by molar-refractivity contribution is 7.86. The summed E-state index contributed by atoms with van der Waals surface area (Å²) in [5, 5.41) is 10.1. The smallest absolute Gasteiger partial charge is 0.297 e. The molecule has 1 rings (SSSR count). The van der Waals surface area contributed by atoms with Crippen molar-refractivity contribution in [3.8, 4) is 11.8 Å². The van der Waals surface area contributed by atoms with Crippen molar-refractivity contribution in [2.24, 2.45) is 5.92 Å². The molecule has 0 amide bonds. The number of hydrogen-bond acceptors (Lipinski definition) is 5. The predicted molar refractivity (Wildman–Crippen MR) is 102 cm³/mol. The fraction of sp³-hybridized carbons (Fsp3) is 0.500. The summed E-state index contributed by atoms with van der Waals surface area (Å²) in [5.41, 5.74) is 0.953. The number of allylic oxidation sites excluding steroid dienone is 1. The van der Waals surface area contributed by atoms with Gasteiger partial charge in [-0.15, -0.1) is 6.58 Å². The molecule has 0 radical (unpaired) electrons. The summed E-state index contributed by atoms with van der Waals surface area (Å²) in [4.78, 5) is 0.0654. The van der Waals surface area contributed by atoms with E-state index in [4.69, 9.17) is 8.92 Å². The summed E-state index contributed by atoms with van der Waals surface area (Å²) in [6.45, 7) is 9.31. The van der Waals surface area contributed by atoms with Crippen molar-refractivity contribution in [3.63, 3.8) is 0 Å². The van der Waals surface area contributed by atoms with Crippen LogP contribution in [-0.2, 0) is 19.0 Å². The normalized spacial score (nSPS) is 14.8. The molecule has 6 heteroatoms. The van der Waals surface area contributed by atoms with E-state index in [9.17, 15) is 13.5 Å². The lowest BCUT2D eigenvalue weighted by Gasteiger charge is -2.14. The van der Waals surface area contributed by atoms with E-state index in [0.717, 1.165) is 18.4 Å². The van der Waals surface area contributed by atoms with Crippen LogP contribution in [0.1, 0.15) is 32.3 Å². The third-order valence-corrected chi connectivity index (χ3v) is 5.01.